The number of rotatable bonds is 6. The molecular weight excluding hydrogens is 330 g/mol. The van der Waals surface area contributed by atoms with Crippen molar-refractivity contribution in [2.45, 2.75) is 39.5 Å². The topological polar surface area (TPSA) is 88.0 Å². The van der Waals surface area contributed by atoms with Crippen molar-refractivity contribution in [1.82, 2.24) is 15.5 Å². The minimum atomic E-state index is -0.141. The predicted molar refractivity (Wildman–Crippen MR) is 100 cm³/mol. The number of fused-ring (bicyclic) bond motifs is 1. The van der Waals surface area contributed by atoms with E-state index in [4.69, 9.17) is 4.52 Å². The van der Waals surface area contributed by atoms with Gasteiger partial charge in [0.2, 0.25) is 5.91 Å². The van der Waals surface area contributed by atoms with E-state index < -0.39 is 0 Å². The molecule has 2 aromatic heterocycles. The van der Waals surface area contributed by atoms with Crippen LogP contribution in [0.3, 0.4) is 0 Å². The Kier molecular flexibility index (Phi) is 5.21. The van der Waals surface area contributed by atoms with Gasteiger partial charge >= 0.3 is 0 Å². The Balaban J connectivity index is 1.65. The van der Waals surface area contributed by atoms with Crippen molar-refractivity contribution in [1.29, 1.82) is 0 Å². The molecule has 0 spiro atoms. The van der Waals surface area contributed by atoms with E-state index in [-0.39, 0.29) is 17.9 Å². The molecule has 136 valence electrons. The zero-order valence-corrected chi connectivity index (χ0v) is 15.3. The second-order valence-corrected chi connectivity index (χ2v) is 6.83. The number of amides is 1. The highest BCUT2D eigenvalue weighted by Gasteiger charge is 2.09. The number of aromatic amines is 1. The lowest BCUT2D eigenvalue weighted by molar-refractivity contribution is -0.120. The molecule has 0 aliphatic carbocycles. The molecule has 0 aliphatic rings. The van der Waals surface area contributed by atoms with Crippen LogP contribution in [0, 0.1) is 6.92 Å². The number of hydrogen-bond donors (Lipinski definition) is 2. The fourth-order valence-corrected chi connectivity index (χ4v) is 2.88. The van der Waals surface area contributed by atoms with Gasteiger partial charge in [-0.25, -0.2) is 0 Å². The lowest BCUT2D eigenvalue weighted by atomic mass is 10.0. The minimum Gasteiger partial charge on any atom is -0.361 e. The highest BCUT2D eigenvalue weighted by molar-refractivity contribution is 5.80. The molecule has 0 fully saturated rings. The number of hydrogen-bond acceptors (Lipinski definition) is 4. The summed E-state index contributed by atoms with van der Waals surface area (Å²) in [5.74, 6) is 0.961. The van der Waals surface area contributed by atoms with Crippen LogP contribution in [0.5, 0.6) is 0 Å². The third-order valence-corrected chi connectivity index (χ3v) is 4.35. The first-order valence-corrected chi connectivity index (χ1v) is 8.77. The Bertz CT molecular complexity index is 985. The molecule has 6 nitrogen and oxygen atoms in total. The van der Waals surface area contributed by atoms with Crippen LogP contribution < -0.4 is 10.9 Å². The minimum absolute atomic E-state index is 0.115. The van der Waals surface area contributed by atoms with Gasteiger partial charge in [0.1, 0.15) is 5.76 Å². The smallest absolute Gasteiger partial charge is 0.251 e. The molecule has 3 rings (SSSR count). The third-order valence-electron chi connectivity index (χ3n) is 4.35. The van der Waals surface area contributed by atoms with Crippen LogP contribution in [0.25, 0.3) is 10.9 Å². The van der Waals surface area contributed by atoms with Crippen molar-refractivity contribution in [3.8, 4) is 0 Å². The molecule has 1 aromatic carbocycles. The van der Waals surface area contributed by atoms with Crippen molar-refractivity contribution in [3.63, 3.8) is 0 Å². The van der Waals surface area contributed by atoms with Crippen LogP contribution in [-0.4, -0.2) is 22.6 Å². The van der Waals surface area contributed by atoms with Crippen LogP contribution >= 0.6 is 0 Å². The first kappa shape index (κ1) is 17.9. The molecular formula is C20H23N3O3. The van der Waals surface area contributed by atoms with Gasteiger partial charge in [-0.05, 0) is 48.4 Å². The van der Waals surface area contributed by atoms with Crippen molar-refractivity contribution in [2.24, 2.45) is 0 Å². The van der Waals surface area contributed by atoms with E-state index in [1.54, 1.807) is 13.0 Å². The average Bonchev–Trinajstić information content (AvgIpc) is 2.99. The highest BCUT2D eigenvalue weighted by atomic mass is 16.5. The zero-order chi connectivity index (χ0) is 18.7. The molecule has 2 N–H and O–H groups in total. The van der Waals surface area contributed by atoms with E-state index in [2.05, 4.69) is 35.4 Å². The summed E-state index contributed by atoms with van der Waals surface area (Å²) in [5, 5.41) is 7.63. The maximum absolute atomic E-state index is 12.2. The second-order valence-electron chi connectivity index (χ2n) is 6.83. The first-order valence-electron chi connectivity index (χ1n) is 8.77. The van der Waals surface area contributed by atoms with Crippen LogP contribution in [0.15, 0.2) is 39.6 Å². The quantitative estimate of drug-likeness (QED) is 0.713. The van der Waals surface area contributed by atoms with Crippen molar-refractivity contribution in [3.05, 3.63) is 63.3 Å². The van der Waals surface area contributed by atoms with E-state index >= 15 is 0 Å². The van der Waals surface area contributed by atoms with Gasteiger partial charge in [-0.1, -0.05) is 25.1 Å². The van der Waals surface area contributed by atoms with Gasteiger partial charge in [-0.15, -0.1) is 0 Å². The summed E-state index contributed by atoms with van der Waals surface area (Å²) in [6, 6.07) is 9.73. The molecule has 0 aliphatic heterocycles. The molecule has 6 heteroatoms. The van der Waals surface area contributed by atoms with Crippen LogP contribution in [-0.2, 0) is 17.6 Å². The van der Waals surface area contributed by atoms with Crippen molar-refractivity contribution >= 4 is 16.8 Å². The predicted octanol–water partition coefficient (Wildman–Crippen LogP) is 2.85. The SMILES string of the molecule is Cc1cc(CC(=O)NCCc2cc3cc(C(C)C)ccc3[nH]c2=O)no1. The van der Waals surface area contributed by atoms with Gasteiger partial charge in [0.05, 0.1) is 12.1 Å². The monoisotopic (exact) mass is 353 g/mol. The summed E-state index contributed by atoms with van der Waals surface area (Å²) in [7, 11) is 0. The first-order chi connectivity index (χ1) is 12.4. The molecule has 0 radical (unpaired) electrons. The standard InChI is InChI=1S/C20H23N3O3/c1-12(2)14-4-5-18-16(9-14)10-15(20(25)22-18)6-7-21-19(24)11-17-8-13(3)26-23-17/h4-5,8-10,12H,6-7,11H2,1-3H3,(H,21,24)(H,22,25). The molecule has 26 heavy (non-hydrogen) atoms. The highest BCUT2D eigenvalue weighted by Crippen LogP contribution is 2.20. The summed E-state index contributed by atoms with van der Waals surface area (Å²) >= 11 is 0. The number of H-pyrrole nitrogens is 1. The number of nitrogens with zero attached hydrogens (tertiary/aromatic N) is 1. The van der Waals surface area contributed by atoms with E-state index in [1.165, 1.54) is 5.56 Å². The van der Waals surface area contributed by atoms with Gasteiger partial charge in [0.25, 0.3) is 5.56 Å². The zero-order valence-electron chi connectivity index (χ0n) is 15.3. The van der Waals surface area contributed by atoms with Crippen LogP contribution in [0.1, 0.15) is 42.3 Å². The number of pyridine rings is 1. The van der Waals surface area contributed by atoms with Crippen molar-refractivity contribution in [2.75, 3.05) is 6.54 Å². The molecule has 2 heterocycles. The number of benzene rings is 1. The normalized spacial score (nSPS) is 11.2. The summed E-state index contributed by atoms with van der Waals surface area (Å²) in [5.41, 5.74) is 3.21. The Hall–Kier alpha value is -2.89. The molecule has 0 atom stereocenters. The maximum Gasteiger partial charge on any atom is 0.251 e. The van der Waals surface area contributed by atoms with Gasteiger partial charge in [0, 0.05) is 23.7 Å². The summed E-state index contributed by atoms with van der Waals surface area (Å²) in [4.78, 5) is 27.1. The van der Waals surface area contributed by atoms with Crippen LogP contribution in [0.2, 0.25) is 0 Å². The fraction of sp³-hybridized carbons (Fsp3) is 0.350. The molecule has 0 bridgehead atoms. The average molecular weight is 353 g/mol. The van der Waals surface area contributed by atoms with Crippen molar-refractivity contribution < 1.29 is 9.32 Å². The Morgan fingerprint density at radius 3 is 2.77 bits per heavy atom. The van der Waals surface area contributed by atoms with E-state index in [1.807, 2.05) is 18.2 Å². The number of aryl methyl sites for hydroxylation is 1. The lowest BCUT2D eigenvalue weighted by Gasteiger charge is -2.09. The van der Waals surface area contributed by atoms with Gasteiger partial charge < -0.3 is 14.8 Å². The molecule has 3 aromatic rings. The third kappa shape index (κ3) is 4.20. The molecule has 0 unspecified atom stereocenters. The Morgan fingerprint density at radius 2 is 2.08 bits per heavy atom. The molecule has 0 saturated heterocycles. The number of carbonyl (C=O) groups is 1. The largest absolute Gasteiger partial charge is 0.361 e. The second kappa shape index (κ2) is 7.56. The number of carbonyl (C=O) groups excluding carboxylic acids is 1. The van der Waals surface area contributed by atoms with Gasteiger partial charge in [0.15, 0.2) is 0 Å². The van der Waals surface area contributed by atoms with E-state index in [9.17, 15) is 9.59 Å². The Morgan fingerprint density at radius 1 is 1.27 bits per heavy atom. The number of aromatic nitrogens is 2. The van der Waals surface area contributed by atoms with Crippen LogP contribution in [0.4, 0.5) is 0 Å². The summed E-state index contributed by atoms with van der Waals surface area (Å²) in [6.07, 6.45) is 0.643. The van der Waals surface area contributed by atoms with E-state index in [0.29, 0.717) is 35.9 Å². The van der Waals surface area contributed by atoms with Gasteiger partial charge in [-0.3, -0.25) is 9.59 Å². The lowest BCUT2D eigenvalue weighted by Crippen LogP contribution is -2.28. The summed E-state index contributed by atoms with van der Waals surface area (Å²) < 4.78 is 4.95. The Labute approximate surface area is 151 Å². The fourth-order valence-electron chi connectivity index (χ4n) is 2.88. The number of nitrogens with one attached hydrogen (secondary N) is 2. The summed E-state index contributed by atoms with van der Waals surface area (Å²) in [6.45, 7) is 6.46. The molecule has 0 saturated carbocycles. The molecule has 1 amide bonds. The van der Waals surface area contributed by atoms with Gasteiger partial charge in [-0.2, -0.15) is 0 Å². The van der Waals surface area contributed by atoms with E-state index in [0.717, 1.165) is 10.9 Å². The maximum atomic E-state index is 12.2.